The number of sulfonamides is 1. The lowest BCUT2D eigenvalue weighted by Gasteiger charge is -2.20. The molecule has 0 heterocycles. The molecule has 1 fully saturated rings. The summed E-state index contributed by atoms with van der Waals surface area (Å²) in [7, 11) is -3.65. The van der Waals surface area contributed by atoms with E-state index in [1.807, 2.05) is 0 Å². The molecule has 0 aromatic heterocycles. The second kappa shape index (κ2) is 5.00. The number of halogens is 1. The average molecular weight is 300 g/mol. The highest BCUT2D eigenvalue weighted by atomic mass is 32.2. The summed E-state index contributed by atoms with van der Waals surface area (Å²) in [5.41, 5.74) is 5.66. The molecule has 0 atom stereocenters. The van der Waals surface area contributed by atoms with Gasteiger partial charge in [0.15, 0.2) is 0 Å². The number of nitrogen functional groups attached to an aromatic ring is 1. The van der Waals surface area contributed by atoms with Crippen LogP contribution in [0.25, 0.3) is 0 Å². The lowest BCUT2D eigenvalue weighted by molar-refractivity contribution is 0.357. The summed E-state index contributed by atoms with van der Waals surface area (Å²) in [5.74, 6) is -0.130. The van der Waals surface area contributed by atoms with Crippen molar-refractivity contribution in [1.82, 2.24) is 4.72 Å². The fraction of sp³-hybridized carbons (Fsp3) is 0.571. The molecular weight excluding hydrogens is 279 g/mol. The first-order chi connectivity index (χ1) is 9.18. The minimum Gasteiger partial charge on any atom is -0.396 e. The van der Waals surface area contributed by atoms with E-state index in [1.54, 1.807) is 0 Å². The molecule has 0 bridgehead atoms. The van der Waals surface area contributed by atoms with Gasteiger partial charge in [0.05, 0.1) is 10.6 Å². The molecule has 0 aliphatic heterocycles. The maximum Gasteiger partial charge on any atom is 0.240 e. The normalized spacial score (nSPS) is 17.4. The molecule has 0 spiro atoms. The number of aryl methyl sites for hydroxylation is 1. The highest BCUT2D eigenvalue weighted by Crippen LogP contribution is 2.51. The minimum atomic E-state index is -3.65. The van der Waals surface area contributed by atoms with Gasteiger partial charge in [-0.1, -0.05) is 13.8 Å². The molecule has 2 rings (SSSR count). The molecule has 112 valence electrons. The van der Waals surface area contributed by atoms with Crippen molar-refractivity contribution in [2.75, 3.05) is 12.3 Å². The molecule has 1 aromatic rings. The van der Waals surface area contributed by atoms with E-state index in [1.165, 1.54) is 19.1 Å². The van der Waals surface area contributed by atoms with Crippen LogP contribution in [0.3, 0.4) is 0 Å². The van der Waals surface area contributed by atoms with Gasteiger partial charge in [-0.05, 0) is 48.8 Å². The first-order valence-electron chi connectivity index (χ1n) is 6.73. The summed E-state index contributed by atoms with van der Waals surface area (Å²) in [6, 6.07) is 2.47. The zero-order valence-corrected chi connectivity index (χ0v) is 12.8. The SMILES string of the molecule is Cc1cc(S(=O)(=O)NCC2(C(C)C)CC2)cc(N)c1F. The van der Waals surface area contributed by atoms with Crippen molar-refractivity contribution in [2.24, 2.45) is 11.3 Å². The summed E-state index contributed by atoms with van der Waals surface area (Å²) in [4.78, 5) is 0.0217. The molecule has 1 aromatic carbocycles. The van der Waals surface area contributed by atoms with Crippen LogP contribution in [0.4, 0.5) is 10.1 Å². The molecule has 1 saturated carbocycles. The smallest absolute Gasteiger partial charge is 0.240 e. The number of nitrogens with two attached hydrogens (primary N) is 1. The van der Waals surface area contributed by atoms with Gasteiger partial charge in [-0.25, -0.2) is 17.5 Å². The second-order valence-corrected chi connectivity index (χ2v) is 7.75. The van der Waals surface area contributed by atoms with Crippen LogP contribution in [0.2, 0.25) is 0 Å². The molecule has 6 heteroatoms. The number of hydrogen-bond acceptors (Lipinski definition) is 3. The van der Waals surface area contributed by atoms with Crippen molar-refractivity contribution < 1.29 is 12.8 Å². The van der Waals surface area contributed by atoms with Crippen molar-refractivity contribution in [3.05, 3.63) is 23.5 Å². The largest absolute Gasteiger partial charge is 0.396 e. The van der Waals surface area contributed by atoms with Gasteiger partial charge in [0.2, 0.25) is 10.0 Å². The van der Waals surface area contributed by atoms with Gasteiger partial charge in [-0.15, -0.1) is 0 Å². The van der Waals surface area contributed by atoms with E-state index in [9.17, 15) is 12.8 Å². The number of benzene rings is 1. The van der Waals surface area contributed by atoms with Crippen molar-refractivity contribution in [2.45, 2.75) is 38.5 Å². The van der Waals surface area contributed by atoms with Gasteiger partial charge in [-0.2, -0.15) is 0 Å². The Morgan fingerprint density at radius 3 is 2.45 bits per heavy atom. The van der Waals surface area contributed by atoms with Crippen LogP contribution in [0.15, 0.2) is 17.0 Å². The maximum atomic E-state index is 13.4. The molecule has 1 aliphatic rings. The van der Waals surface area contributed by atoms with Crippen molar-refractivity contribution in [3.63, 3.8) is 0 Å². The van der Waals surface area contributed by atoms with Crippen molar-refractivity contribution >= 4 is 15.7 Å². The summed E-state index contributed by atoms with van der Waals surface area (Å²) in [6.45, 7) is 6.12. The Kier molecular flexibility index (Phi) is 3.81. The third kappa shape index (κ3) is 2.81. The van der Waals surface area contributed by atoms with E-state index in [-0.39, 0.29) is 21.6 Å². The summed E-state index contributed by atoms with van der Waals surface area (Å²) >= 11 is 0. The van der Waals surface area contributed by atoms with Crippen LogP contribution >= 0.6 is 0 Å². The number of rotatable bonds is 5. The fourth-order valence-corrected chi connectivity index (χ4v) is 3.62. The maximum absolute atomic E-state index is 13.4. The standard InChI is InChI=1S/C14H21FN2O2S/c1-9(2)14(4-5-14)8-17-20(18,19)11-6-10(3)13(15)12(16)7-11/h6-7,9,17H,4-5,8,16H2,1-3H3. The van der Waals surface area contributed by atoms with Gasteiger partial charge >= 0.3 is 0 Å². The van der Waals surface area contributed by atoms with Crippen LogP contribution in [0.5, 0.6) is 0 Å². The topological polar surface area (TPSA) is 72.2 Å². The molecular formula is C14H21FN2O2S. The van der Waals surface area contributed by atoms with E-state index in [2.05, 4.69) is 18.6 Å². The average Bonchev–Trinajstić information content (AvgIpc) is 3.14. The van der Waals surface area contributed by atoms with E-state index in [0.29, 0.717) is 12.5 Å². The van der Waals surface area contributed by atoms with Crippen molar-refractivity contribution in [1.29, 1.82) is 0 Å². The summed E-state index contributed by atoms with van der Waals surface area (Å²) in [5, 5.41) is 0. The lowest BCUT2D eigenvalue weighted by Crippen LogP contribution is -2.32. The molecule has 0 saturated heterocycles. The number of anilines is 1. The zero-order chi connectivity index (χ0) is 15.1. The van der Waals surface area contributed by atoms with Crippen molar-refractivity contribution in [3.8, 4) is 0 Å². The lowest BCUT2D eigenvalue weighted by atomic mass is 9.93. The van der Waals surface area contributed by atoms with Crippen LogP contribution in [-0.4, -0.2) is 15.0 Å². The highest BCUT2D eigenvalue weighted by molar-refractivity contribution is 7.89. The Hall–Kier alpha value is -1.14. The van der Waals surface area contributed by atoms with Crippen LogP contribution < -0.4 is 10.5 Å². The monoisotopic (exact) mass is 300 g/mol. The summed E-state index contributed by atoms with van der Waals surface area (Å²) in [6.07, 6.45) is 2.08. The van der Waals surface area contributed by atoms with E-state index in [4.69, 9.17) is 5.73 Å². The highest BCUT2D eigenvalue weighted by Gasteiger charge is 2.45. The minimum absolute atomic E-state index is 0.0217. The quantitative estimate of drug-likeness (QED) is 0.820. The molecule has 1 aliphatic carbocycles. The Morgan fingerprint density at radius 1 is 1.40 bits per heavy atom. The first kappa shape index (κ1) is 15.3. The first-order valence-corrected chi connectivity index (χ1v) is 8.21. The van der Waals surface area contributed by atoms with Crippen LogP contribution in [0.1, 0.15) is 32.3 Å². The van der Waals surface area contributed by atoms with Crippen LogP contribution in [0, 0.1) is 24.1 Å². The summed E-state index contributed by atoms with van der Waals surface area (Å²) < 4.78 is 40.6. The number of hydrogen-bond donors (Lipinski definition) is 2. The Bertz CT molecular complexity index is 599. The fourth-order valence-electron chi connectivity index (χ4n) is 2.36. The van der Waals surface area contributed by atoms with Gasteiger partial charge < -0.3 is 5.73 Å². The molecule has 0 radical (unpaired) electrons. The molecule has 20 heavy (non-hydrogen) atoms. The molecule has 0 amide bonds. The molecule has 3 N–H and O–H groups in total. The van der Waals surface area contributed by atoms with E-state index >= 15 is 0 Å². The Balaban J connectivity index is 2.19. The van der Waals surface area contributed by atoms with Crippen LogP contribution in [-0.2, 0) is 10.0 Å². The number of nitrogens with one attached hydrogen (secondary N) is 1. The predicted octanol–water partition coefficient (Wildman–Crippen LogP) is 2.43. The van der Waals surface area contributed by atoms with Gasteiger partial charge in [-0.3, -0.25) is 0 Å². The van der Waals surface area contributed by atoms with Gasteiger partial charge in [0.1, 0.15) is 5.82 Å². The third-order valence-electron chi connectivity index (χ3n) is 4.30. The Labute approximate surface area is 119 Å². The third-order valence-corrected chi connectivity index (χ3v) is 5.68. The van der Waals surface area contributed by atoms with Gasteiger partial charge in [0.25, 0.3) is 0 Å². The second-order valence-electron chi connectivity index (χ2n) is 5.99. The predicted molar refractivity (Wildman–Crippen MR) is 77.2 cm³/mol. The van der Waals surface area contributed by atoms with E-state index in [0.717, 1.165) is 12.8 Å². The molecule has 4 nitrogen and oxygen atoms in total. The Morgan fingerprint density at radius 2 is 2.00 bits per heavy atom. The zero-order valence-electron chi connectivity index (χ0n) is 12.0. The molecule has 0 unspecified atom stereocenters. The van der Waals surface area contributed by atoms with E-state index < -0.39 is 15.8 Å². The van der Waals surface area contributed by atoms with Gasteiger partial charge in [0, 0.05) is 6.54 Å².